The normalized spacial score (nSPS) is 19.1. The molecule has 3 nitrogen and oxygen atoms in total. The van der Waals surface area contributed by atoms with Gasteiger partial charge in [0.2, 0.25) is 0 Å². The number of nitrogens with zero attached hydrogens (tertiary/aromatic N) is 2. The second kappa shape index (κ2) is 4.82. The molecule has 0 fully saturated rings. The Morgan fingerprint density at radius 2 is 2.11 bits per heavy atom. The molecular weight excluding hydrogens is 236 g/mol. The van der Waals surface area contributed by atoms with Gasteiger partial charge in [0.05, 0.1) is 11.8 Å². The zero-order valence-corrected chi connectivity index (χ0v) is 11.5. The molecule has 2 atom stereocenters. The van der Waals surface area contributed by atoms with Crippen molar-refractivity contribution in [1.29, 1.82) is 0 Å². The summed E-state index contributed by atoms with van der Waals surface area (Å²) in [6.45, 7) is 4.21. The summed E-state index contributed by atoms with van der Waals surface area (Å²) in [6.07, 6.45) is 3.29. The number of hydrogen-bond donors (Lipinski definition) is 1. The van der Waals surface area contributed by atoms with Crippen LogP contribution in [0.2, 0.25) is 0 Å². The second-order valence-electron chi connectivity index (χ2n) is 5.66. The van der Waals surface area contributed by atoms with Crippen LogP contribution in [0.15, 0.2) is 36.5 Å². The van der Waals surface area contributed by atoms with Gasteiger partial charge in [-0.3, -0.25) is 4.68 Å². The maximum absolute atomic E-state index is 10.4. The maximum atomic E-state index is 10.4. The molecule has 0 bridgehead atoms. The lowest BCUT2D eigenvalue weighted by molar-refractivity contribution is 0.132. The molecule has 3 rings (SSSR count). The van der Waals surface area contributed by atoms with Crippen LogP contribution < -0.4 is 0 Å². The summed E-state index contributed by atoms with van der Waals surface area (Å²) in [4.78, 5) is 0. The van der Waals surface area contributed by atoms with Gasteiger partial charge in [0.25, 0.3) is 0 Å². The third kappa shape index (κ3) is 2.30. The van der Waals surface area contributed by atoms with Gasteiger partial charge < -0.3 is 5.11 Å². The standard InChI is InChI=1S/C16H20N2O/c1-11(2)18-8-7-13(17-18)10-16(19)15-9-12-5-3-4-6-14(12)15/h3-8,11,15-16,19H,9-10H2,1-2H3. The lowest BCUT2D eigenvalue weighted by Gasteiger charge is -2.33. The lowest BCUT2D eigenvalue weighted by atomic mass is 9.73. The van der Waals surface area contributed by atoms with Crippen LogP contribution in [0.1, 0.15) is 42.6 Å². The Labute approximate surface area is 113 Å². The summed E-state index contributed by atoms with van der Waals surface area (Å²) in [5.41, 5.74) is 3.66. The highest BCUT2D eigenvalue weighted by molar-refractivity contribution is 5.41. The Morgan fingerprint density at radius 1 is 1.32 bits per heavy atom. The van der Waals surface area contributed by atoms with Gasteiger partial charge in [-0.2, -0.15) is 5.10 Å². The average molecular weight is 256 g/mol. The Kier molecular flexibility index (Phi) is 3.15. The quantitative estimate of drug-likeness (QED) is 0.913. The van der Waals surface area contributed by atoms with Crippen LogP contribution in [0.5, 0.6) is 0 Å². The van der Waals surface area contributed by atoms with Crippen molar-refractivity contribution in [2.45, 2.75) is 44.8 Å². The SMILES string of the molecule is CC(C)n1ccc(CC(O)C2Cc3ccccc32)n1. The van der Waals surface area contributed by atoms with Gasteiger partial charge in [-0.25, -0.2) is 0 Å². The monoisotopic (exact) mass is 256 g/mol. The Morgan fingerprint density at radius 3 is 2.79 bits per heavy atom. The van der Waals surface area contributed by atoms with Crippen LogP contribution in [0.4, 0.5) is 0 Å². The molecule has 1 aromatic carbocycles. The van der Waals surface area contributed by atoms with E-state index < -0.39 is 0 Å². The van der Waals surface area contributed by atoms with Crippen molar-refractivity contribution < 1.29 is 5.11 Å². The number of aliphatic hydroxyl groups is 1. The Balaban J connectivity index is 1.68. The van der Waals surface area contributed by atoms with Gasteiger partial charge in [-0.1, -0.05) is 24.3 Å². The van der Waals surface area contributed by atoms with Gasteiger partial charge in [0, 0.05) is 24.6 Å². The highest BCUT2D eigenvalue weighted by Crippen LogP contribution is 2.38. The van der Waals surface area contributed by atoms with Crippen LogP contribution in [0.3, 0.4) is 0 Å². The molecule has 2 aromatic rings. The number of fused-ring (bicyclic) bond motifs is 1. The molecule has 1 aliphatic carbocycles. The molecule has 2 unspecified atom stereocenters. The van der Waals surface area contributed by atoms with Gasteiger partial charge in [0.1, 0.15) is 0 Å². The van der Waals surface area contributed by atoms with E-state index in [1.165, 1.54) is 11.1 Å². The first-order chi connectivity index (χ1) is 9.15. The highest BCUT2D eigenvalue weighted by atomic mass is 16.3. The van der Waals surface area contributed by atoms with Gasteiger partial charge in [-0.05, 0) is 37.5 Å². The fourth-order valence-corrected chi connectivity index (χ4v) is 2.77. The first-order valence-electron chi connectivity index (χ1n) is 6.95. The summed E-state index contributed by atoms with van der Waals surface area (Å²) in [5, 5.41) is 14.9. The molecule has 1 aliphatic rings. The number of rotatable bonds is 4. The van der Waals surface area contributed by atoms with Crippen LogP contribution in [0, 0.1) is 0 Å². The van der Waals surface area contributed by atoms with Crippen molar-refractivity contribution in [3.8, 4) is 0 Å². The smallest absolute Gasteiger partial charge is 0.0668 e. The molecule has 0 aliphatic heterocycles. The van der Waals surface area contributed by atoms with Gasteiger partial charge >= 0.3 is 0 Å². The number of aliphatic hydroxyl groups excluding tert-OH is 1. The molecule has 1 aromatic heterocycles. The first kappa shape index (κ1) is 12.4. The van der Waals surface area contributed by atoms with Gasteiger partial charge in [-0.15, -0.1) is 0 Å². The molecule has 0 amide bonds. The molecule has 0 spiro atoms. The van der Waals surface area contributed by atoms with E-state index in [9.17, 15) is 5.11 Å². The van der Waals surface area contributed by atoms with Gasteiger partial charge in [0.15, 0.2) is 0 Å². The molecule has 1 N–H and O–H groups in total. The van der Waals surface area contributed by atoms with E-state index in [0.29, 0.717) is 12.5 Å². The van der Waals surface area contributed by atoms with Crippen molar-refractivity contribution in [2.24, 2.45) is 0 Å². The summed E-state index contributed by atoms with van der Waals surface area (Å²) < 4.78 is 1.94. The maximum Gasteiger partial charge on any atom is 0.0668 e. The molecule has 1 heterocycles. The molecular formula is C16H20N2O. The highest BCUT2D eigenvalue weighted by Gasteiger charge is 2.31. The predicted octanol–water partition coefficient (Wildman–Crippen LogP) is 2.71. The molecule has 0 saturated heterocycles. The van der Waals surface area contributed by atoms with Crippen molar-refractivity contribution in [3.63, 3.8) is 0 Å². The minimum atomic E-state index is -0.328. The second-order valence-corrected chi connectivity index (χ2v) is 5.66. The van der Waals surface area contributed by atoms with Crippen molar-refractivity contribution in [3.05, 3.63) is 53.3 Å². The van der Waals surface area contributed by atoms with E-state index >= 15 is 0 Å². The van der Waals surface area contributed by atoms with E-state index in [4.69, 9.17) is 0 Å². The molecule has 3 heteroatoms. The topological polar surface area (TPSA) is 38.0 Å². The minimum absolute atomic E-state index is 0.278. The van der Waals surface area contributed by atoms with Crippen LogP contribution in [-0.2, 0) is 12.8 Å². The molecule has 0 saturated carbocycles. The Bertz CT molecular complexity index is 574. The van der Waals surface area contributed by atoms with Crippen LogP contribution >= 0.6 is 0 Å². The fraction of sp³-hybridized carbons (Fsp3) is 0.438. The third-order valence-corrected chi connectivity index (χ3v) is 3.97. The minimum Gasteiger partial charge on any atom is -0.392 e. The summed E-state index contributed by atoms with van der Waals surface area (Å²) in [6, 6.07) is 10.8. The molecule has 0 radical (unpaired) electrons. The zero-order chi connectivity index (χ0) is 13.4. The van der Waals surface area contributed by atoms with Crippen molar-refractivity contribution in [2.75, 3.05) is 0 Å². The van der Waals surface area contributed by atoms with E-state index in [1.807, 2.05) is 23.0 Å². The third-order valence-electron chi connectivity index (χ3n) is 3.97. The predicted molar refractivity (Wildman–Crippen MR) is 75.2 cm³/mol. The average Bonchev–Trinajstić information content (AvgIpc) is 2.79. The number of hydrogen-bond acceptors (Lipinski definition) is 2. The first-order valence-corrected chi connectivity index (χ1v) is 6.95. The van der Waals surface area contributed by atoms with Crippen molar-refractivity contribution in [1.82, 2.24) is 9.78 Å². The zero-order valence-electron chi connectivity index (χ0n) is 11.5. The van der Waals surface area contributed by atoms with E-state index in [-0.39, 0.29) is 12.0 Å². The largest absolute Gasteiger partial charge is 0.392 e. The van der Waals surface area contributed by atoms with E-state index in [0.717, 1.165) is 12.1 Å². The van der Waals surface area contributed by atoms with Crippen LogP contribution in [-0.4, -0.2) is 21.0 Å². The van der Waals surface area contributed by atoms with E-state index in [2.05, 4.69) is 37.1 Å². The number of aromatic nitrogens is 2. The summed E-state index contributed by atoms with van der Waals surface area (Å²) in [5.74, 6) is 0.278. The summed E-state index contributed by atoms with van der Waals surface area (Å²) in [7, 11) is 0. The number of benzene rings is 1. The molecule has 100 valence electrons. The van der Waals surface area contributed by atoms with Crippen LogP contribution in [0.25, 0.3) is 0 Å². The summed E-state index contributed by atoms with van der Waals surface area (Å²) >= 11 is 0. The molecule has 19 heavy (non-hydrogen) atoms. The lowest BCUT2D eigenvalue weighted by Crippen LogP contribution is -2.30. The van der Waals surface area contributed by atoms with Crippen molar-refractivity contribution >= 4 is 0 Å². The fourth-order valence-electron chi connectivity index (χ4n) is 2.77. The Hall–Kier alpha value is -1.61. The van der Waals surface area contributed by atoms with E-state index in [1.54, 1.807) is 0 Å².